The first-order valence-electron chi connectivity index (χ1n) is 8.11. The van der Waals surface area contributed by atoms with Gasteiger partial charge in [-0.15, -0.1) is 20.4 Å². The van der Waals surface area contributed by atoms with Crippen LogP contribution in [-0.2, 0) is 13.1 Å². The summed E-state index contributed by atoms with van der Waals surface area (Å²) < 4.78 is 2.04. The average Bonchev–Trinajstić information content (AvgIpc) is 3.17. The summed E-state index contributed by atoms with van der Waals surface area (Å²) in [5.41, 5.74) is 2.33. The highest BCUT2D eigenvalue weighted by Crippen LogP contribution is 2.17. The van der Waals surface area contributed by atoms with Crippen molar-refractivity contribution in [1.29, 1.82) is 0 Å². The Morgan fingerprint density at radius 2 is 1.00 bits per heavy atom. The van der Waals surface area contributed by atoms with E-state index in [-0.39, 0.29) is 0 Å². The van der Waals surface area contributed by atoms with Crippen LogP contribution in [0.3, 0.4) is 0 Å². The van der Waals surface area contributed by atoms with E-state index in [4.69, 9.17) is 11.6 Å². The molecule has 0 saturated heterocycles. The molecule has 4 rings (SSSR count). The summed E-state index contributed by atoms with van der Waals surface area (Å²) in [6.45, 7) is 1.32. The van der Waals surface area contributed by atoms with Gasteiger partial charge in [-0.2, -0.15) is 9.59 Å². The number of aromatic nitrogens is 6. The van der Waals surface area contributed by atoms with E-state index in [1.807, 2.05) is 60.7 Å². The highest BCUT2D eigenvalue weighted by Gasteiger charge is 2.05. The van der Waals surface area contributed by atoms with E-state index in [1.54, 1.807) is 9.59 Å². The van der Waals surface area contributed by atoms with Crippen LogP contribution in [-0.4, -0.2) is 30.0 Å². The number of halogens is 4. The van der Waals surface area contributed by atoms with Gasteiger partial charge < -0.3 is 0 Å². The maximum Gasteiger partial charge on any atom is 0.185 e. The molecule has 0 saturated carbocycles. The van der Waals surface area contributed by atoms with E-state index in [0.29, 0.717) is 22.8 Å². The fraction of sp³-hybridized carbons (Fsp3) is 0.111. The first-order valence-corrected chi connectivity index (χ1v) is 10.9. The number of hydrogen-bond donors (Lipinski definition) is 0. The number of hydrogen-bond acceptors (Lipinski definition) is 4. The fourth-order valence-electron chi connectivity index (χ4n) is 2.25. The van der Waals surface area contributed by atoms with Gasteiger partial charge in [0.2, 0.25) is 0 Å². The molecule has 0 radical (unpaired) electrons. The molecule has 0 aliphatic rings. The van der Waals surface area contributed by atoms with Crippen molar-refractivity contribution in [3.63, 3.8) is 0 Å². The van der Waals surface area contributed by atoms with Crippen molar-refractivity contribution in [2.24, 2.45) is 0 Å². The van der Waals surface area contributed by atoms with Crippen LogP contribution in [0.1, 0.15) is 11.1 Å². The summed E-state index contributed by atoms with van der Waals surface area (Å²) in [4.78, 5) is 3.20. The zero-order chi connectivity index (χ0) is 19.9. The molecule has 144 valence electrons. The molecule has 0 aliphatic heterocycles. The predicted molar refractivity (Wildman–Crippen MR) is 119 cm³/mol. The molecule has 0 amide bonds. The highest BCUT2D eigenvalue weighted by atomic mass is 79.9. The molecular weight excluding hydrogens is 575 g/mol. The molecular formula is C18H14Br3ClN6. The van der Waals surface area contributed by atoms with Crippen LogP contribution in [0.4, 0.5) is 0 Å². The lowest BCUT2D eigenvalue weighted by Gasteiger charge is -1.98. The Morgan fingerprint density at radius 1 is 0.607 bits per heavy atom. The number of benzene rings is 2. The van der Waals surface area contributed by atoms with Crippen LogP contribution in [0.15, 0.2) is 74.5 Å². The van der Waals surface area contributed by atoms with Crippen molar-refractivity contribution in [2.45, 2.75) is 13.1 Å². The minimum atomic E-state index is 0.390. The van der Waals surface area contributed by atoms with Crippen LogP contribution in [0, 0.1) is 0 Å². The van der Waals surface area contributed by atoms with Gasteiger partial charge in [0.15, 0.2) is 19.0 Å². The van der Waals surface area contributed by atoms with Crippen LogP contribution >= 0.6 is 59.4 Å². The van der Waals surface area contributed by atoms with Gasteiger partial charge in [-0.3, -0.25) is 0 Å². The minimum absolute atomic E-state index is 0.390. The summed E-state index contributed by atoms with van der Waals surface area (Å²) in [7, 11) is 0. The van der Waals surface area contributed by atoms with Crippen LogP contribution in [0.5, 0.6) is 0 Å². The summed E-state index contributed by atoms with van der Waals surface area (Å²) in [6, 6.07) is 20.1. The largest absolute Gasteiger partial charge is 0.185 e. The van der Waals surface area contributed by atoms with Gasteiger partial charge in [0.05, 0.1) is 13.1 Å². The third kappa shape index (κ3) is 6.23. The molecule has 0 aliphatic carbocycles. The van der Waals surface area contributed by atoms with Crippen LogP contribution < -0.4 is 0 Å². The fourth-order valence-corrected chi connectivity index (χ4v) is 3.16. The standard InChI is InChI=1S/C9H7Br2N3.C9H7BrClN3/c2*10-8-9(11)13-14(12-8)6-7-4-2-1-3-5-7/h2*1-5H,6H2. The van der Waals surface area contributed by atoms with Gasteiger partial charge in [-0.25, -0.2) is 0 Å². The second-order valence-electron chi connectivity index (χ2n) is 5.60. The molecule has 4 aromatic rings. The van der Waals surface area contributed by atoms with Crippen LogP contribution in [0.2, 0.25) is 5.15 Å². The lowest BCUT2D eigenvalue weighted by molar-refractivity contribution is 0.586. The Hall–Kier alpha value is -1.55. The summed E-state index contributed by atoms with van der Waals surface area (Å²) in [5, 5.41) is 16.9. The molecule has 2 heterocycles. The van der Waals surface area contributed by atoms with Gasteiger partial charge in [-0.1, -0.05) is 72.3 Å². The molecule has 2 aromatic heterocycles. The van der Waals surface area contributed by atoms with Gasteiger partial charge in [0.1, 0.15) is 0 Å². The van der Waals surface area contributed by atoms with Gasteiger partial charge in [0, 0.05) is 0 Å². The van der Waals surface area contributed by atoms with Crippen molar-refractivity contribution in [2.75, 3.05) is 0 Å². The Bertz CT molecular complexity index is 898. The maximum atomic E-state index is 5.75. The van der Waals surface area contributed by atoms with Gasteiger partial charge in [0.25, 0.3) is 0 Å². The van der Waals surface area contributed by atoms with Crippen molar-refractivity contribution in [3.05, 3.63) is 90.8 Å². The first kappa shape index (κ1) is 21.2. The topological polar surface area (TPSA) is 61.4 Å². The third-order valence-corrected chi connectivity index (χ3v) is 6.10. The Balaban J connectivity index is 0.000000161. The Labute approximate surface area is 192 Å². The molecule has 10 heteroatoms. The molecule has 0 spiro atoms. The minimum Gasteiger partial charge on any atom is -0.178 e. The van der Waals surface area contributed by atoms with Crippen molar-refractivity contribution in [3.8, 4) is 0 Å². The maximum absolute atomic E-state index is 5.75. The second-order valence-corrected chi connectivity index (χ2v) is 8.21. The molecule has 0 N–H and O–H groups in total. The molecule has 0 unspecified atom stereocenters. The summed E-state index contributed by atoms with van der Waals surface area (Å²) in [6.07, 6.45) is 0. The first-order chi connectivity index (χ1) is 13.5. The number of rotatable bonds is 4. The van der Waals surface area contributed by atoms with Crippen LogP contribution in [0.25, 0.3) is 0 Å². The van der Waals surface area contributed by atoms with E-state index >= 15 is 0 Å². The molecule has 6 nitrogen and oxygen atoms in total. The Morgan fingerprint density at radius 3 is 1.39 bits per heavy atom. The Kier molecular flexibility index (Phi) is 7.78. The van der Waals surface area contributed by atoms with E-state index in [0.717, 1.165) is 14.8 Å². The predicted octanol–water partition coefficient (Wildman–Crippen LogP) is 5.59. The monoisotopic (exact) mass is 586 g/mol. The summed E-state index contributed by atoms with van der Waals surface area (Å²) in [5.74, 6) is 0. The van der Waals surface area contributed by atoms with Gasteiger partial charge >= 0.3 is 0 Å². The summed E-state index contributed by atoms with van der Waals surface area (Å²) >= 11 is 15.5. The smallest absolute Gasteiger partial charge is 0.178 e. The number of nitrogens with zero attached hydrogens (tertiary/aromatic N) is 6. The van der Waals surface area contributed by atoms with E-state index in [2.05, 4.69) is 68.2 Å². The SMILES string of the molecule is Brc1nn(Cc2ccccc2)nc1Br.Clc1nn(Cc2ccccc2)nc1Br. The van der Waals surface area contributed by atoms with E-state index in [1.165, 1.54) is 5.56 Å². The van der Waals surface area contributed by atoms with Crippen molar-refractivity contribution in [1.82, 2.24) is 30.0 Å². The average molecular weight is 590 g/mol. The lowest BCUT2D eigenvalue weighted by Crippen LogP contribution is -2.03. The third-order valence-electron chi connectivity index (χ3n) is 3.49. The molecule has 28 heavy (non-hydrogen) atoms. The normalized spacial score (nSPS) is 10.4. The quantitative estimate of drug-likeness (QED) is 0.311. The molecule has 2 aromatic carbocycles. The van der Waals surface area contributed by atoms with Gasteiger partial charge in [-0.05, 0) is 58.9 Å². The van der Waals surface area contributed by atoms with Crippen molar-refractivity contribution < 1.29 is 0 Å². The van der Waals surface area contributed by atoms with Crippen molar-refractivity contribution >= 4 is 59.4 Å². The van der Waals surface area contributed by atoms with E-state index in [9.17, 15) is 0 Å². The highest BCUT2D eigenvalue weighted by molar-refractivity contribution is 9.13. The van der Waals surface area contributed by atoms with E-state index < -0.39 is 0 Å². The molecule has 0 atom stereocenters. The zero-order valence-electron chi connectivity index (χ0n) is 14.4. The molecule has 0 bridgehead atoms. The second kappa shape index (κ2) is 10.3. The molecule has 0 fully saturated rings. The lowest BCUT2D eigenvalue weighted by atomic mass is 10.2. The zero-order valence-corrected chi connectivity index (χ0v) is 19.9.